The molecule has 1 fully saturated rings. The SMILES string of the molecule is COc1cc(-c2cc(-c3ccc(C(C(N)=O)N4CCCC4)cc3)c3ncnc(C)c3c2)cnc1OC. The molecule has 1 aliphatic rings. The molecule has 2 aromatic heterocycles. The molecule has 3 heterocycles. The predicted octanol–water partition coefficient (Wildman–Crippen LogP) is 4.31. The molecule has 0 spiro atoms. The van der Waals surface area contributed by atoms with Crippen LogP contribution in [0.5, 0.6) is 11.6 Å². The van der Waals surface area contributed by atoms with E-state index in [1.807, 2.05) is 37.3 Å². The molecule has 2 N–H and O–H groups in total. The number of hydrogen-bond acceptors (Lipinski definition) is 7. The summed E-state index contributed by atoms with van der Waals surface area (Å²) in [4.78, 5) is 27.9. The second-order valence-electron chi connectivity index (χ2n) is 8.98. The Balaban J connectivity index is 1.61. The van der Waals surface area contributed by atoms with Crippen molar-refractivity contribution in [1.82, 2.24) is 19.9 Å². The first-order valence-corrected chi connectivity index (χ1v) is 12.0. The quantitative estimate of drug-likeness (QED) is 0.418. The van der Waals surface area contributed by atoms with Gasteiger partial charge >= 0.3 is 0 Å². The number of benzene rings is 2. The predicted molar refractivity (Wildman–Crippen MR) is 139 cm³/mol. The number of ether oxygens (including phenoxy) is 2. The number of likely N-dealkylation sites (tertiary alicyclic amines) is 1. The molecule has 5 rings (SSSR count). The monoisotopic (exact) mass is 483 g/mol. The molecule has 1 amide bonds. The van der Waals surface area contributed by atoms with Crippen molar-refractivity contribution < 1.29 is 14.3 Å². The molecule has 1 aliphatic heterocycles. The van der Waals surface area contributed by atoms with Crippen LogP contribution in [0.25, 0.3) is 33.2 Å². The van der Waals surface area contributed by atoms with Gasteiger partial charge in [0.15, 0.2) is 5.75 Å². The Morgan fingerprint density at radius 1 is 0.944 bits per heavy atom. The van der Waals surface area contributed by atoms with Crippen LogP contribution in [0.3, 0.4) is 0 Å². The molecule has 36 heavy (non-hydrogen) atoms. The van der Waals surface area contributed by atoms with E-state index in [1.54, 1.807) is 26.7 Å². The molecule has 1 atom stereocenters. The van der Waals surface area contributed by atoms with Gasteiger partial charge in [0.05, 0.1) is 19.7 Å². The summed E-state index contributed by atoms with van der Waals surface area (Å²) in [5.41, 5.74) is 12.2. The number of nitrogens with zero attached hydrogens (tertiary/aromatic N) is 4. The molecule has 2 aromatic carbocycles. The van der Waals surface area contributed by atoms with E-state index in [1.165, 1.54) is 0 Å². The summed E-state index contributed by atoms with van der Waals surface area (Å²) in [6, 6.07) is 13.7. The van der Waals surface area contributed by atoms with Crippen molar-refractivity contribution in [2.75, 3.05) is 27.3 Å². The van der Waals surface area contributed by atoms with Crippen molar-refractivity contribution in [3.63, 3.8) is 0 Å². The first kappa shape index (κ1) is 23.7. The fraction of sp³-hybridized carbons (Fsp3) is 0.286. The van der Waals surface area contributed by atoms with E-state index < -0.39 is 6.04 Å². The Kier molecular flexibility index (Phi) is 6.52. The molecule has 0 aliphatic carbocycles. The molecule has 8 heteroatoms. The molecular weight excluding hydrogens is 454 g/mol. The van der Waals surface area contributed by atoms with Crippen LogP contribution < -0.4 is 15.2 Å². The van der Waals surface area contributed by atoms with Crippen molar-refractivity contribution in [3.05, 3.63) is 66.2 Å². The minimum Gasteiger partial charge on any atom is -0.491 e. The number of nitrogens with two attached hydrogens (primary N) is 1. The highest BCUT2D eigenvalue weighted by Crippen LogP contribution is 2.37. The lowest BCUT2D eigenvalue weighted by Crippen LogP contribution is -2.35. The lowest BCUT2D eigenvalue weighted by molar-refractivity contribution is -0.123. The second kappa shape index (κ2) is 9.91. The molecule has 1 unspecified atom stereocenters. The number of carbonyl (C=O) groups excluding carboxylic acids is 1. The Labute approximate surface area is 210 Å². The molecule has 8 nitrogen and oxygen atoms in total. The van der Waals surface area contributed by atoms with Crippen molar-refractivity contribution in [2.45, 2.75) is 25.8 Å². The van der Waals surface area contributed by atoms with Gasteiger partial charge in [0.1, 0.15) is 12.4 Å². The van der Waals surface area contributed by atoms with Crippen LogP contribution in [-0.2, 0) is 4.79 Å². The molecule has 184 valence electrons. The summed E-state index contributed by atoms with van der Waals surface area (Å²) in [7, 11) is 3.16. The van der Waals surface area contributed by atoms with Crippen LogP contribution in [0.15, 0.2) is 55.0 Å². The largest absolute Gasteiger partial charge is 0.491 e. The molecule has 1 saturated heterocycles. The smallest absolute Gasteiger partial charge is 0.256 e. The van der Waals surface area contributed by atoms with Crippen molar-refractivity contribution in [3.8, 4) is 33.9 Å². The van der Waals surface area contributed by atoms with Crippen molar-refractivity contribution >= 4 is 16.8 Å². The maximum Gasteiger partial charge on any atom is 0.256 e. The van der Waals surface area contributed by atoms with E-state index in [0.717, 1.165) is 70.3 Å². The highest BCUT2D eigenvalue weighted by molar-refractivity contribution is 5.98. The molecule has 4 aromatic rings. The average molecular weight is 484 g/mol. The fourth-order valence-corrected chi connectivity index (χ4v) is 4.97. The van der Waals surface area contributed by atoms with Crippen molar-refractivity contribution in [1.29, 1.82) is 0 Å². The van der Waals surface area contributed by atoms with Gasteiger partial charge in [0.2, 0.25) is 5.91 Å². The second-order valence-corrected chi connectivity index (χ2v) is 8.98. The number of primary amides is 1. The van der Waals surface area contributed by atoms with Gasteiger partial charge in [-0.1, -0.05) is 24.3 Å². The van der Waals surface area contributed by atoms with Crippen LogP contribution in [-0.4, -0.2) is 53.1 Å². The number of pyridine rings is 1. The molecule has 0 saturated carbocycles. The third kappa shape index (κ3) is 4.35. The normalized spacial score (nSPS) is 14.6. The van der Waals surface area contributed by atoms with Crippen LogP contribution >= 0.6 is 0 Å². The third-order valence-corrected chi connectivity index (χ3v) is 6.82. The first-order valence-electron chi connectivity index (χ1n) is 12.0. The van der Waals surface area contributed by atoms with E-state index in [0.29, 0.717) is 11.6 Å². The first-order chi connectivity index (χ1) is 17.5. The summed E-state index contributed by atoms with van der Waals surface area (Å²) in [6.07, 6.45) is 5.53. The summed E-state index contributed by atoms with van der Waals surface area (Å²) < 4.78 is 10.8. The summed E-state index contributed by atoms with van der Waals surface area (Å²) >= 11 is 0. The Bertz CT molecular complexity index is 1420. The van der Waals surface area contributed by atoms with Gasteiger partial charge in [-0.05, 0) is 67.7 Å². The molecule has 0 radical (unpaired) electrons. The van der Waals surface area contributed by atoms with Crippen molar-refractivity contribution in [2.24, 2.45) is 5.73 Å². The van der Waals surface area contributed by atoms with E-state index in [4.69, 9.17) is 15.2 Å². The maximum atomic E-state index is 12.3. The van der Waals surface area contributed by atoms with Gasteiger partial charge in [-0.15, -0.1) is 0 Å². The molecule has 0 bridgehead atoms. The minimum atomic E-state index is -0.410. The fourth-order valence-electron chi connectivity index (χ4n) is 4.97. The zero-order chi connectivity index (χ0) is 25.2. The van der Waals surface area contributed by atoms with Crippen LogP contribution in [0, 0.1) is 6.92 Å². The van der Waals surface area contributed by atoms with E-state index in [2.05, 4.69) is 32.0 Å². The lowest BCUT2D eigenvalue weighted by atomic mass is 9.94. The number of fused-ring (bicyclic) bond motifs is 1. The number of methoxy groups -OCH3 is 2. The number of hydrogen-bond donors (Lipinski definition) is 1. The lowest BCUT2D eigenvalue weighted by Gasteiger charge is -2.25. The van der Waals surface area contributed by atoms with Crippen LogP contribution in [0.2, 0.25) is 0 Å². The highest BCUT2D eigenvalue weighted by Gasteiger charge is 2.28. The van der Waals surface area contributed by atoms with Gasteiger partial charge in [0.25, 0.3) is 5.88 Å². The average Bonchev–Trinajstić information content (AvgIpc) is 3.42. The van der Waals surface area contributed by atoms with Gasteiger partial charge < -0.3 is 15.2 Å². The zero-order valence-corrected chi connectivity index (χ0v) is 20.7. The van der Waals surface area contributed by atoms with Crippen LogP contribution in [0.4, 0.5) is 0 Å². The standard InChI is InChI=1S/C28H29N5O3/c1-17-22-12-20(21-14-24(35-2)28(36-3)30-15-21)13-23(25(22)32-16-31-17)18-6-8-19(9-7-18)26(27(29)34)33-10-4-5-11-33/h6-9,12-16,26H,4-5,10-11H2,1-3H3,(H2,29,34). The zero-order valence-electron chi connectivity index (χ0n) is 20.7. The summed E-state index contributed by atoms with van der Waals surface area (Å²) in [5, 5.41) is 0.955. The number of aryl methyl sites for hydroxylation is 1. The maximum absolute atomic E-state index is 12.3. The van der Waals surface area contributed by atoms with Crippen LogP contribution in [0.1, 0.15) is 30.1 Å². The number of aromatic nitrogens is 3. The Hall–Kier alpha value is -4.04. The number of amides is 1. The van der Waals surface area contributed by atoms with Gasteiger partial charge in [-0.2, -0.15) is 0 Å². The number of carbonyl (C=O) groups is 1. The van der Waals surface area contributed by atoms with E-state index >= 15 is 0 Å². The van der Waals surface area contributed by atoms with Gasteiger partial charge in [-0.25, -0.2) is 15.0 Å². The van der Waals surface area contributed by atoms with E-state index in [-0.39, 0.29) is 5.91 Å². The summed E-state index contributed by atoms with van der Waals surface area (Å²) in [6.45, 7) is 3.75. The van der Waals surface area contributed by atoms with E-state index in [9.17, 15) is 4.79 Å². The minimum absolute atomic E-state index is 0.318. The molecular formula is C28H29N5O3. The topological polar surface area (TPSA) is 103 Å². The highest BCUT2D eigenvalue weighted by atomic mass is 16.5. The Morgan fingerprint density at radius 2 is 1.69 bits per heavy atom. The summed E-state index contributed by atoms with van der Waals surface area (Å²) in [5.74, 6) is 0.669. The van der Waals surface area contributed by atoms with Gasteiger partial charge in [-0.3, -0.25) is 9.69 Å². The van der Waals surface area contributed by atoms with Gasteiger partial charge in [0, 0.05) is 28.4 Å². The Morgan fingerprint density at radius 3 is 2.36 bits per heavy atom. The third-order valence-electron chi connectivity index (χ3n) is 6.82. The number of rotatable bonds is 7.